The molecule has 1 aliphatic rings. The maximum absolute atomic E-state index is 12.9. The lowest BCUT2D eigenvalue weighted by Crippen LogP contribution is -2.40. The van der Waals surface area contributed by atoms with Crippen LogP contribution in [-0.2, 0) is 9.53 Å². The molecule has 1 saturated heterocycles. The second kappa shape index (κ2) is 10.1. The van der Waals surface area contributed by atoms with E-state index in [1.807, 2.05) is 18.2 Å². The molecular weight excluding hydrogens is 394 g/mol. The first-order valence-electron chi connectivity index (χ1n) is 9.09. The van der Waals surface area contributed by atoms with Crippen LogP contribution in [0, 0.1) is 0 Å². The van der Waals surface area contributed by atoms with Gasteiger partial charge in [-0.1, -0.05) is 17.8 Å². The van der Waals surface area contributed by atoms with Crippen molar-refractivity contribution < 1.29 is 23.8 Å². The molecule has 9 heteroatoms. The number of hydrogen-bond acceptors (Lipinski definition) is 7. The number of thioether (sulfide) groups is 1. The minimum Gasteiger partial charge on any atom is -0.493 e. The summed E-state index contributed by atoms with van der Waals surface area (Å²) in [7, 11) is 2.98. The van der Waals surface area contributed by atoms with Gasteiger partial charge in [0.25, 0.3) is 5.91 Å². The third-order valence-electron chi connectivity index (χ3n) is 4.29. The molecule has 1 aromatic heterocycles. The zero-order chi connectivity index (χ0) is 20.6. The molecule has 1 fully saturated rings. The number of methoxy groups -OCH3 is 2. The lowest BCUT2D eigenvalue weighted by Gasteiger charge is -2.27. The molecule has 3 rings (SSSR count). The Labute approximate surface area is 173 Å². The molecule has 0 saturated carbocycles. The van der Waals surface area contributed by atoms with Crippen LogP contribution in [0.2, 0.25) is 0 Å². The highest BCUT2D eigenvalue weighted by Gasteiger charge is 2.23. The van der Waals surface area contributed by atoms with Crippen molar-refractivity contribution in [2.75, 3.05) is 51.6 Å². The van der Waals surface area contributed by atoms with Crippen molar-refractivity contribution in [1.82, 2.24) is 9.88 Å². The van der Waals surface area contributed by atoms with Gasteiger partial charge >= 0.3 is 0 Å². The Morgan fingerprint density at radius 2 is 2.00 bits per heavy atom. The molecule has 1 aromatic carbocycles. The third-order valence-corrected chi connectivity index (χ3v) is 5.23. The van der Waals surface area contributed by atoms with Gasteiger partial charge in [-0.2, -0.15) is 0 Å². The smallest absolute Gasteiger partial charge is 0.254 e. The van der Waals surface area contributed by atoms with E-state index in [1.165, 1.54) is 26.0 Å². The number of ether oxygens (including phenoxy) is 3. The zero-order valence-electron chi connectivity index (χ0n) is 16.3. The summed E-state index contributed by atoms with van der Waals surface area (Å²) >= 11 is 1.32. The first kappa shape index (κ1) is 20.9. The molecule has 2 amide bonds. The standard InChI is InChI=1S/C20H23N3O5S/c1-26-16-12-14(20(25)23-7-9-28-10-8-23)11-15(19(16)27-2)22-17(24)13-29-18-5-3-4-6-21-18/h3-6,11-12H,7-10,13H2,1-2H3,(H,22,24). The Kier molecular flexibility index (Phi) is 7.31. The van der Waals surface area contributed by atoms with Gasteiger partial charge in [0, 0.05) is 24.8 Å². The maximum atomic E-state index is 12.9. The summed E-state index contributed by atoms with van der Waals surface area (Å²) in [6.07, 6.45) is 1.68. The Hall–Kier alpha value is -2.78. The summed E-state index contributed by atoms with van der Waals surface area (Å²) in [5, 5.41) is 3.57. The lowest BCUT2D eigenvalue weighted by atomic mass is 10.1. The van der Waals surface area contributed by atoms with Crippen molar-refractivity contribution in [2.24, 2.45) is 0 Å². The number of morpholine rings is 1. The number of rotatable bonds is 7. The van der Waals surface area contributed by atoms with Crippen LogP contribution < -0.4 is 14.8 Å². The molecule has 0 bridgehead atoms. The summed E-state index contributed by atoms with van der Waals surface area (Å²) in [4.78, 5) is 31.2. The molecule has 1 N–H and O–H groups in total. The van der Waals surface area contributed by atoms with Crippen molar-refractivity contribution in [3.8, 4) is 11.5 Å². The van der Waals surface area contributed by atoms with Crippen LogP contribution in [0.5, 0.6) is 11.5 Å². The van der Waals surface area contributed by atoms with Gasteiger partial charge in [-0.25, -0.2) is 4.98 Å². The van der Waals surface area contributed by atoms with Gasteiger partial charge in [-0.05, 0) is 24.3 Å². The van der Waals surface area contributed by atoms with E-state index in [4.69, 9.17) is 14.2 Å². The van der Waals surface area contributed by atoms with Gasteiger partial charge < -0.3 is 24.4 Å². The zero-order valence-corrected chi connectivity index (χ0v) is 17.2. The predicted octanol–water partition coefficient (Wildman–Crippen LogP) is 2.30. The van der Waals surface area contributed by atoms with Crippen molar-refractivity contribution in [3.05, 3.63) is 42.1 Å². The molecule has 0 radical (unpaired) electrons. The van der Waals surface area contributed by atoms with Crippen LogP contribution in [0.15, 0.2) is 41.6 Å². The van der Waals surface area contributed by atoms with E-state index in [1.54, 1.807) is 23.2 Å². The summed E-state index contributed by atoms with van der Waals surface area (Å²) in [5.41, 5.74) is 0.798. The Morgan fingerprint density at radius 1 is 1.21 bits per heavy atom. The first-order valence-corrected chi connectivity index (χ1v) is 10.1. The average Bonchev–Trinajstić information content (AvgIpc) is 2.78. The third kappa shape index (κ3) is 5.39. The molecule has 154 valence electrons. The van der Waals surface area contributed by atoms with Gasteiger partial charge in [-0.3, -0.25) is 9.59 Å². The summed E-state index contributed by atoms with van der Waals surface area (Å²) in [6.45, 7) is 2.06. The second-order valence-corrected chi connectivity index (χ2v) is 7.16. The van der Waals surface area contributed by atoms with Crippen LogP contribution in [0.1, 0.15) is 10.4 Å². The molecule has 0 unspecified atom stereocenters. The number of amides is 2. The highest BCUT2D eigenvalue weighted by atomic mass is 32.2. The predicted molar refractivity (Wildman–Crippen MR) is 110 cm³/mol. The maximum Gasteiger partial charge on any atom is 0.254 e. The van der Waals surface area contributed by atoms with Crippen molar-refractivity contribution >= 4 is 29.3 Å². The topological polar surface area (TPSA) is 90.0 Å². The molecule has 0 atom stereocenters. The van der Waals surface area contributed by atoms with Crippen LogP contribution in [-0.4, -0.2) is 68.0 Å². The molecule has 8 nitrogen and oxygen atoms in total. The fourth-order valence-corrected chi connectivity index (χ4v) is 3.55. The fraction of sp³-hybridized carbons (Fsp3) is 0.350. The van der Waals surface area contributed by atoms with E-state index in [2.05, 4.69) is 10.3 Å². The van der Waals surface area contributed by atoms with Crippen LogP contribution in [0.25, 0.3) is 0 Å². The number of pyridine rings is 1. The number of benzene rings is 1. The molecule has 0 aliphatic carbocycles. The molecule has 2 aromatic rings. The number of aromatic nitrogens is 1. The highest BCUT2D eigenvalue weighted by molar-refractivity contribution is 7.99. The summed E-state index contributed by atoms with van der Waals surface area (Å²) < 4.78 is 16.1. The van der Waals surface area contributed by atoms with E-state index < -0.39 is 0 Å². The van der Waals surface area contributed by atoms with E-state index >= 15 is 0 Å². The van der Waals surface area contributed by atoms with Crippen molar-refractivity contribution in [3.63, 3.8) is 0 Å². The SMILES string of the molecule is COc1cc(C(=O)N2CCOCC2)cc(NC(=O)CSc2ccccn2)c1OC. The summed E-state index contributed by atoms with van der Waals surface area (Å²) in [6, 6.07) is 8.75. The lowest BCUT2D eigenvalue weighted by molar-refractivity contribution is -0.113. The van der Waals surface area contributed by atoms with Gasteiger partial charge in [0.1, 0.15) is 0 Å². The molecule has 1 aliphatic heterocycles. The average molecular weight is 417 g/mol. The van der Waals surface area contributed by atoms with Crippen molar-refractivity contribution in [1.29, 1.82) is 0 Å². The van der Waals surface area contributed by atoms with Gasteiger partial charge in [-0.15, -0.1) is 0 Å². The van der Waals surface area contributed by atoms with Crippen LogP contribution >= 0.6 is 11.8 Å². The van der Waals surface area contributed by atoms with Crippen LogP contribution in [0.4, 0.5) is 5.69 Å². The summed E-state index contributed by atoms with van der Waals surface area (Å²) in [5.74, 6) is 0.524. The monoisotopic (exact) mass is 417 g/mol. The molecular formula is C20H23N3O5S. The minimum atomic E-state index is -0.239. The van der Waals surface area contributed by atoms with Crippen molar-refractivity contribution in [2.45, 2.75) is 5.03 Å². The Balaban J connectivity index is 1.78. The van der Waals surface area contributed by atoms with E-state index in [0.717, 1.165) is 5.03 Å². The Bertz CT molecular complexity index is 857. The number of anilines is 1. The van der Waals surface area contributed by atoms with Gasteiger partial charge in [0.15, 0.2) is 11.5 Å². The number of nitrogens with one attached hydrogen (secondary N) is 1. The fourth-order valence-electron chi connectivity index (χ4n) is 2.89. The molecule has 2 heterocycles. The largest absolute Gasteiger partial charge is 0.493 e. The van der Waals surface area contributed by atoms with E-state index in [0.29, 0.717) is 49.1 Å². The van der Waals surface area contributed by atoms with Crippen LogP contribution in [0.3, 0.4) is 0 Å². The minimum absolute atomic E-state index is 0.146. The number of carbonyl (C=O) groups excluding carboxylic acids is 2. The highest BCUT2D eigenvalue weighted by Crippen LogP contribution is 2.37. The number of carbonyl (C=O) groups is 2. The van der Waals surface area contributed by atoms with Gasteiger partial charge in [0.2, 0.25) is 5.91 Å². The normalized spacial score (nSPS) is 13.7. The quantitative estimate of drug-likeness (QED) is 0.692. The first-order chi connectivity index (χ1) is 14.1. The van der Waals surface area contributed by atoms with E-state index in [9.17, 15) is 9.59 Å². The number of hydrogen-bond donors (Lipinski definition) is 1. The second-order valence-electron chi connectivity index (χ2n) is 6.17. The molecule has 29 heavy (non-hydrogen) atoms. The molecule has 0 spiro atoms. The number of nitrogens with zero attached hydrogens (tertiary/aromatic N) is 2. The van der Waals surface area contributed by atoms with E-state index in [-0.39, 0.29) is 17.6 Å². The Morgan fingerprint density at radius 3 is 2.66 bits per heavy atom. The van der Waals surface area contributed by atoms with Gasteiger partial charge in [0.05, 0.1) is 43.9 Å².